The van der Waals surface area contributed by atoms with Gasteiger partial charge in [-0.05, 0) is 37.0 Å². The summed E-state index contributed by atoms with van der Waals surface area (Å²) in [5, 5.41) is 0. The highest BCUT2D eigenvalue weighted by molar-refractivity contribution is 7.85. The van der Waals surface area contributed by atoms with Gasteiger partial charge in [0.25, 0.3) is 10.1 Å². The maximum Gasteiger partial charge on any atom is 0.264 e. The molecule has 5 nitrogen and oxygen atoms in total. The van der Waals surface area contributed by atoms with Crippen molar-refractivity contribution in [2.75, 3.05) is 19.0 Å². The lowest BCUT2D eigenvalue weighted by Gasteiger charge is -2.17. The highest BCUT2D eigenvalue weighted by atomic mass is 32.2. The molecule has 2 rings (SSSR count). The molecule has 29 heavy (non-hydrogen) atoms. The highest BCUT2D eigenvalue weighted by Crippen LogP contribution is 2.38. The van der Waals surface area contributed by atoms with Crippen molar-refractivity contribution in [1.82, 2.24) is 0 Å². The number of hydrogen-bond acceptors (Lipinski definition) is 4. The van der Waals surface area contributed by atoms with Crippen molar-refractivity contribution in [2.24, 2.45) is 0 Å². The molecular formula is C23H32O5S. The van der Waals surface area contributed by atoms with Gasteiger partial charge in [-0.15, -0.1) is 0 Å². The fourth-order valence-corrected chi connectivity index (χ4v) is 3.67. The topological polar surface area (TPSA) is 72.8 Å². The molecule has 0 saturated heterocycles. The lowest BCUT2D eigenvalue weighted by molar-refractivity contribution is 0.294. The zero-order valence-corrected chi connectivity index (χ0v) is 18.0. The van der Waals surface area contributed by atoms with Crippen LogP contribution in [0.5, 0.6) is 11.5 Å². The molecule has 1 N–H and O–H groups in total. The van der Waals surface area contributed by atoms with Crippen molar-refractivity contribution in [2.45, 2.75) is 51.9 Å². The molecule has 2 aromatic rings. The Bertz CT molecular complexity index is 818. The summed E-state index contributed by atoms with van der Waals surface area (Å²) in [5.74, 6) is 1.26. The molecule has 2 aromatic carbocycles. The van der Waals surface area contributed by atoms with Crippen molar-refractivity contribution in [1.29, 1.82) is 0 Å². The van der Waals surface area contributed by atoms with Gasteiger partial charge >= 0.3 is 0 Å². The lowest BCUT2D eigenvalue weighted by atomic mass is 10.0. The third-order valence-corrected chi connectivity index (χ3v) is 5.41. The zero-order chi connectivity index (χ0) is 21.0. The molecule has 0 radical (unpaired) electrons. The monoisotopic (exact) mass is 420 g/mol. The predicted molar refractivity (Wildman–Crippen MR) is 117 cm³/mol. The Hall–Kier alpha value is -2.05. The molecule has 0 fully saturated rings. The van der Waals surface area contributed by atoms with Crippen LogP contribution in [0.15, 0.2) is 48.5 Å². The van der Waals surface area contributed by atoms with Crippen molar-refractivity contribution in [3.8, 4) is 22.6 Å². The van der Waals surface area contributed by atoms with Crippen molar-refractivity contribution in [3.05, 3.63) is 48.5 Å². The van der Waals surface area contributed by atoms with Crippen molar-refractivity contribution in [3.63, 3.8) is 0 Å². The summed E-state index contributed by atoms with van der Waals surface area (Å²) in [6, 6.07) is 15.7. The lowest BCUT2D eigenvalue weighted by Crippen LogP contribution is -2.07. The van der Waals surface area contributed by atoms with E-state index in [9.17, 15) is 8.42 Å². The standard InChI is InChI=1S/C23H32O5S/c1-2-3-4-5-9-17-27-21-15-12-16-22(23(21)20-13-7-6-8-14-20)28-18-10-11-19-29(24,25)26/h6-8,12-16H,2-5,9-11,17-19H2,1H3,(H,24,25,26). The van der Waals surface area contributed by atoms with Gasteiger partial charge in [-0.25, -0.2) is 0 Å². The number of ether oxygens (including phenoxy) is 2. The van der Waals surface area contributed by atoms with Crippen LogP contribution in [-0.2, 0) is 10.1 Å². The summed E-state index contributed by atoms with van der Waals surface area (Å²) in [4.78, 5) is 0. The van der Waals surface area contributed by atoms with Crippen LogP contribution < -0.4 is 9.47 Å². The molecule has 0 aliphatic carbocycles. The van der Waals surface area contributed by atoms with E-state index in [4.69, 9.17) is 14.0 Å². The van der Waals surface area contributed by atoms with Crippen LogP contribution in [0.3, 0.4) is 0 Å². The predicted octanol–water partition coefficient (Wildman–Crippen LogP) is 5.75. The van der Waals surface area contributed by atoms with E-state index in [1.165, 1.54) is 25.7 Å². The van der Waals surface area contributed by atoms with E-state index in [-0.39, 0.29) is 5.75 Å². The Morgan fingerprint density at radius 2 is 1.34 bits per heavy atom. The van der Waals surface area contributed by atoms with Crippen LogP contribution in [0.1, 0.15) is 51.9 Å². The molecule has 0 aliphatic rings. The van der Waals surface area contributed by atoms with Crippen LogP contribution in [0.25, 0.3) is 11.1 Å². The number of hydrogen-bond donors (Lipinski definition) is 1. The fourth-order valence-electron chi connectivity index (χ4n) is 3.10. The second kappa shape index (κ2) is 12.5. The molecule has 0 aliphatic heterocycles. The molecule has 0 spiro atoms. The van der Waals surface area contributed by atoms with Gasteiger partial charge in [-0.1, -0.05) is 69.0 Å². The Kier molecular flexibility index (Phi) is 10.0. The average Bonchev–Trinajstić information content (AvgIpc) is 2.70. The molecule has 0 saturated carbocycles. The van der Waals surface area contributed by atoms with E-state index in [2.05, 4.69) is 6.92 Å². The van der Waals surface area contributed by atoms with Crippen LogP contribution in [-0.4, -0.2) is 31.9 Å². The summed E-state index contributed by atoms with van der Waals surface area (Å²) in [6.45, 7) is 3.24. The normalized spacial score (nSPS) is 11.4. The minimum absolute atomic E-state index is 0.247. The molecule has 0 bridgehead atoms. The van der Waals surface area contributed by atoms with E-state index in [0.717, 1.165) is 23.3 Å². The molecule has 0 atom stereocenters. The SMILES string of the molecule is CCCCCCCOc1cccc(OCCCCS(=O)(=O)O)c1-c1ccccc1. The van der Waals surface area contributed by atoms with Crippen LogP contribution in [0.4, 0.5) is 0 Å². The van der Waals surface area contributed by atoms with E-state index in [0.29, 0.717) is 31.8 Å². The van der Waals surface area contributed by atoms with Crippen molar-refractivity contribution >= 4 is 10.1 Å². The first-order valence-electron chi connectivity index (χ1n) is 10.4. The quantitative estimate of drug-likeness (QED) is 0.311. The number of unbranched alkanes of at least 4 members (excludes halogenated alkanes) is 5. The van der Waals surface area contributed by atoms with Gasteiger partial charge in [0.15, 0.2) is 0 Å². The third kappa shape index (κ3) is 8.88. The van der Waals surface area contributed by atoms with Gasteiger partial charge in [0.2, 0.25) is 0 Å². The molecule has 0 amide bonds. The Morgan fingerprint density at radius 1 is 0.759 bits per heavy atom. The van der Waals surface area contributed by atoms with Gasteiger partial charge in [0, 0.05) is 0 Å². The van der Waals surface area contributed by atoms with Gasteiger partial charge in [0.1, 0.15) is 11.5 Å². The van der Waals surface area contributed by atoms with E-state index in [1.807, 2.05) is 48.5 Å². The maximum absolute atomic E-state index is 10.8. The van der Waals surface area contributed by atoms with Gasteiger partial charge in [-0.2, -0.15) is 8.42 Å². The maximum atomic E-state index is 10.8. The molecule has 160 valence electrons. The van der Waals surface area contributed by atoms with E-state index in [1.54, 1.807) is 0 Å². The first-order chi connectivity index (χ1) is 14.0. The summed E-state index contributed by atoms with van der Waals surface area (Å²) in [7, 11) is -3.92. The Morgan fingerprint density at radius 3 is 1.93 bits per heavy atom. The molecule has 0 heterocycles. The summed E-state index contributed by atoms with van der Waals surface area (Å²) < 4.78 is 42.5. The Labute approximate surface area is 174 Å². The first kappa shape index (κ1) is 23.2. The number of benzene rings is 2. The smallest absolute Gasteiger partial charge is 0.264 e. The largest absolute Gasteiger partial charge is 0.493 e. The summed E-state index contributed by atoms with van der Waals surface area (Å²) in [6.07, 6.45) is 6.80. The first-order valence-corrected chi connectivity index (χ1v) is 12.0. The van der Waals surface area contributed by atoms with Gasteiger partial charge in [-0.3, -0.25) is 4.55 Å². The minimum atomic E-state index is -3.92. The average molecular weight is 421 g/mol. The van der Waals surface area contributed by atoms with Crippen LogP contribution in [0.2, 0.25) is 0 Å². The second-order valence-electron chi connectivity index (χ2n) is 7.10. The zero-order valence-electron chi connectivity index (χ0n) is 17.2. The summed E-state index contributed by atoms with van der Waals surface area (Å²) in [5.41, 5.74) is 1.93. The van der Waals surface area contributed by atoms with Gasteiger partial charge < -0.3 is 9.47 Å². The highest BCUT2D eigenvalue weighted by Gasteiger charge is 2.13. The van der Waals surface area contributed by atoms with Gasteiger partial charge in [0.05, 0.1) is 24.5 Å². The van der Waals surface area contributed by atoms with Crippen LogP contribution >= 0.6 is 0 Å². The molecule has 0 unspecified atom stereocenters. The van der Waals surface area contributed by atoms with E-state index >= 15 is 0 Å². The van der Waals surface area contributed by atoms with E-state index < -0.39 is 10.1 Å². The summed E-state index contributed by atoms with van der Waals surface area (Å²) >= 11 is 0. The second-order valence-corrected chi connectivity index (χ2v) is 8.67. The minimum Gasteiger partial charge on any atom is -0.493 e. The number of rotatable bonds is 14. The molecule has 6 heteroatoms. The van der Waals surface area contributed by atoms with Crippen molar-refractivity contribution < 1.29 is 22.4 Å². The fraction of sp³-hybridized carbons (Fsp3) is 0.478. The Balaban J connectivity index is 2.04. The molecule has 0 aromatic heterocycles. The van der Waals surface area contributed by atoms with Crippen LogP contribution in [0, 0.1) is 0 Å². The third-order valence-electron chi connectivity index (χ3n) is 4.61. The molecular weight excluding hydrogens is 388 g/mol.